The van der Waals surface area contributed by atoms with Crippen molar-refractivity contribution in [3.8, 4) is 0 Å². The number of benzene rings is 1. The van der Waals surface area contributed by atoms with Gasteiger partial charge in [0.15, 0.2) is 0 Å². The van der Waals surface area contributed by atoms with E-state index in [9.17, 15) is 4.79 Å². The number of nitrogens with two attached hydrogens (primary N) is 1. The zero-order valence-electron chi connectivity index (χ0n) is 11.8. The van der Waals surface area contributed by atoms with Crippen LogP contribution in [-0.4, -0.2) is 28.5 Å². The standard InChI is InChI=1S/C15H19N5O/c16-10-3-6-13-12(8-10)15(19-9-18-13)17-7-1-2-14(21)20-11-4-5-11/h3,6,8-9,11H,1-2,4-5,7,16H2,(H,20,21)(H,17,18,19). The lowest BCUT2D eigenvalue weighted by Gasteiger charge is -2.08. The van der Waals surface area contributed by atoms with Crippen molar-refractivity contribution in [2.24, 2.45) is 0 Å². The smallest absolute Gasteiger partial charge is 0.220 e. The highest BCUT2D eigenvalue weighted by Crippen LogP contribution is 2.21. The van der Waals surface area contributed by atoms with Gasteiger partial charge in [-0.3, -0.25) is 4.79 Å². The topological polar surface area (TPSA) is 92.9 Å². The second-order valence-electron chi connectivity index (χ2n) is 5.37. The Morgan fingerprint density at radius 1 is 1.33 bits per heavy atom. The van der Waals surface area contributed by atoms with Crippen LogP contribution in [0.1, 0.15) is 25.7 Å². The molecule has 6 nitrogen and oxygen atoms in total. The van der Waals surface area contributed by atoms with Crippen LogP contribution in [0.4, 0.5) is 11.5 Å². The number of hydrogen-bond donors (Lipinski definition) is 3. The zero-order valence-corrected chi connectivity index (χ0v) is 11.8. The van der Waals surface area contributed by atoms with Crippen molar-refractivity contribution in [1.29, 1.82) is 0 Å². The Morgan fingerprint density at radius 2 is 2.19 bits per heavy atom. The number of anilines is 2. The maximum absolute atomic E-state index is 11.6. The fraction of sp³-hybridized carbons (Fsp3) is 0.400. The van der Waals surface area contributed by atoms with E-state index in [-0.39, 0.29) is 5.91 Å². The molecule has 0 spiro atoms. The minimum atomic E-state index is 0.135. The summed E-state index contributed by atoms with van der Waals surface area (Å²) >= 11 is 0. The second kappa shape index (κ2) is 5.95. The van der Waals surface area contributed by atoms with Gasteiger partial charge in [0.25, 0.3) is 0 Å². The average Bonchev–Trinajstić information content (AvgIpc) is 3.27. The maximum Gasteiger partial charge on any atom is 0.220 e. The van der Waals surface area contributed by atoms with Gasteiger partial charge in [-0.1, -0.05) is 0 Å². The first-order chi connectivity index (χ1) is 10.2. The fourth-order valence-corrected chi connectivity index (χ4v) is 2.20. The average molecular weight is 285 g/mol. The van der Waals surface area contributed by atoms with Gasteiger partial charge in [-0.2, -0.15) is 0 Å². The number of nitrogens with one attached hydrogen (secondary N) is 2. The number of nitrogen functional groups attached to an aromatic ring is 1. The monoisotopic (exact) mass is 285 g/mol. The molecule has 6 heteroatoms. The molecule has 1 fully saturated rings. The molecule has 1 aliphatic carbocycles. The number of rotatable bonds is 6. The maximum atomic E-state index is 11.6. The quantitative estimate of drug-likeness (QED) is 0.554. The lowest BCUT2D eigenvalue weighted by atomic mass is 10.2. The molecule has 21 heavy (non-hydrogen) atoms. The van der Waals surface area contributed by atoms with E-state index in [1.54, 1.807) is 0 Å². The van der Waals surface area contributed by atoms with Gasteiger partial charge in [0, 0.05) is 30.1 Å². The highest BCUT2D eigenvalue weighted by Gasteiger charge is 2.22. The first kappa shape index (κ1) is 13.6. The molecule has 1 aliphatic rings. The summed E-state index contributed by atoms with van der Waals surface area (Å²) in [5, 5.41) is 7.14. The third-order valence-corrected chi connectivity index (χ3v) is 3.47. The van der Waals surface area contributed by atoms with Crippen molar-refractivity contribution in [3.63, 3.8) is 0 Å². The minimum absolute atomic E-state index is 0.135. The van der Waals surface area contributed by atoms with Gasteiger partial charge < -0.3 is 16.4 Å². The van der Waals surface area contributed by atoms with Crippen LogP contribution in [0.5, 0.6) is 0 Å². The van der Waals surface area contributed by atoms with Crippen molar-refractivity contribution >= 4 is 28.3 Å². The molecule has 4 N–H and O–H groups in total. The van der Waals surface area contributed by atoms with Crippen LogP contribution in [0.2, 0.25) is 0 Å². The van der Waals surface area contributed by atoms with Crippen LogP contribution in [0, 0.1) is 0 Å². The summed E-state index contributed by atoms with van der Waals surface area (Å²) in [5.41, 5.74) is 7.34. The molecule has 1 saturated carbocycles. The van der Waals surface area contributed by atoms with Gasteiger partial charge in [-0.05, 0) is 37.5 Å². The molecule has 0 unspecified atom stereocenters. The number of amides is 1. The summed E-state index contributed by atoms with van der Waals surface area (Å²) in [6, 6.07) is 5.98. The number of nitrogens with zero attached hydrogens (tertiary/aromatic N) is 2. The normalized spacial score (nSPS) is 14.1. The van der Waals surface area contributed by atoms with E-state index in [1.807, 2.05) is 18.2 Å². The third-order valence-electron chi connectivity index (χ3n) is 3.47. The van der Waals surface area contributed by atoms with Crippen molar-refractivity contribution in [2.75, 3.05) is 17.6 Å². The molecule has 0 saturated heterocycles. The molecule has 1 amide bonds. The van der Waals surface area contributed by atoms with Crippen LogP contribution >= 0.6 is 0 Å². The largest absolute Gasteiger partial charge is 0.399 e. The van der Waals surface area contributed by atoms with E-state index in [0.29, 0.717) is 24.7 Å². The molecular weight excluding hydrogens is 266 g/mol. The molecule has 1 heterocycles. The van der Waals surface area contributed by atoms with Gasteiger partial charge in [0.2, 0.25) is 5.91 Å². The van der Waals surface area contributed by atoms with Gasteiger partial charge in [-0.25, -0.2) is 9.97 Å². The Morgan fingerprint density at radius 3 is 3.00 bits per heavy atom. The minimum Gasteiger partial charge on any atom is -0.399 e. The SMILES string of the molecule is Nc1ccc2ncnc(NCCCC(=O)NC3CC3)c2c1. The Bertz CT molecular complexity index is 654. The third kappa shape index (κ3) is 3.59. The molecule has 0 aliphatic heterocycles. The van der Waals surface area contributed by atoms with E-state index in [1.165, 1.54) is 6.33 Å². The molecule has 1 aromatic carbocycles. The Balaban J connectivity index is 1.55. The predicted molar refractivity (Wildman–Crippen MR) is 82.8 cm³/mol. The summed E-state index contributed by atoms with van der Waals surface area (Å²) < 4.78 is 0. The molecule has 3 rings (SSSR count). The van der Waals surface area contributed by atoms with Gasteiger partial charge >= 0.3 is 0 Å². The molecule has 0 atom stereocenters. The summed E-state index contributed by atoms with van der Waals surface area (Å²) in [4.78, 5) is 20.0. The van der Waals surface area contributed by atoms with Crippen molar-refractivity contribution in [1.82, 2.24) is 15.3 Å². The van der Waals surface area contributed by atoms with Gasteiger partial charge in [-0.15, -0.1) is 0 Å². The molecule has 2 aromatic rings. The highest BCUT2D eigenvalue weighted by atomic mass is 16.1. The van der Waals surface area contributed by atoms with E-state index >= 15 is 0 Å². The number of fused-ring (bicyclic) bond motifs is 1. The van der Waals surface area contributed by atoms with E-state index in [0.717, 1.165) is 36.0 Å². The predicted octanol–water partition coefficient (Wildman–Crippen LogP) is 1.68. The summed E-state index contributed by atoms with van der Waals surface area (Å²) in [7, 11) is 0. The van der Waals surface area contributed by atoms with E-state index < -0.39 is 0 Å². The lowest BCUT2D eigenvalue weighted by molar-refractivity contribution is -0.121. The van der Waals surface area contributed by atoms with Crippen molar-refractivity contribution < 1.29 is 4.79 Å². The lowest BCUT2D eigenvalue weighted by Crippen LogP contribution is -2.25. The summed E-state index contributed by atoms with van der Waals surface area (Å²) in [6.07, 6.45) is 5.08. The Labute approximate surface area is 123 Å². The number of carbonyl (C=O) groups excluding carboxylic acids is 1. The van der Waals surface area contributed by atoms with Crippen LogP contribution in [-0.2, 0) is 4.79 Å². The van der Waals surface area contributed by atoms with Crippen molar-refractivity contribution in [3.05, 3.63) is 24.5 Å². The van der Waals surface area contributed by atoms with E-state index in [4.69, 9.17) is 5.73 Å². The van der Waals surface area contributed by atoms with Gasteiger partial charge in [0.05, 0.1) is 5.52 Å². The molecule has 0 radical (unpaired) electrons. The first-order valence-electron chi connectivity index (χ1n) is 7.26. The molecule has 110 valence electrons. The number of hydrogen-bond acceptors (Lipinski definition) is 5. The van der Waals surface area contributed by atoms with Crippen LogP contribution < -0.4 is 16.4 Å². The van der Waals surface area contributed by atoms with Crippen LogP contribution in [0.3, 0.4) is 0 Å². The Kier molecular flexibility index (Phi) is 3.85. The molecular formula is C15H19N5O. The fourth-order valence-electron chi connectivity index (χ4n) is 2.20. The van der Waals surface area contributed by atoms with E-state index in [2.05, 4.69) is 20.6 Å². The summed E-state index contributed by atoms with van der Waals surface area (Å²) in [6.45, 7) is 0.693. The second-order valence-corrected chi connectivity index (χ2v) is 5.37. The zero-order chi connectivity index (χ0) is 14.7. The molecule has 1 aromatic heterocycles. The molecule has 0 bridgehead atoms. The van der Waals surface area contributed by atoms with Crippen molar-refractivity contribution in [2.45, 2.75) is 31.7 Å². The van der Waals surface area contributed by atoms with Gasteiger partial charge in [0.1, 0.15) is 12.1 Å². The van der Waals surface area contributed by atoms with Crippen LogP contribution in [0.25, 0.3) is 10.9 Å². The summed E-state index contributed by atoms with van der Waals surface area (Å²) in [5.74, 6) is 0.894. The highest BCUT2D eigenvalue weighted by molar-refractivity contribution is 5.91. The number of carbonyl (C=O) groups is 1. The number of aromatic nitrogens is 2. The van der Waals surface area contributed by atoms with Crippen LogP contribution in [0.15, 0.2) is 24.5 Å². The Hall–Kier alpha value is -2.37. The first-order valence-corrected chi connectivity index (χ1v) is 7.26.